The van der Waals surface area contributed by atoms with E-state index < -0.39 is 0 Å². The molecule has 3 N–H and O–H groups in total. The van der Waals surface area contributed by atoms with Crippen molar-refractivity contribution in [1.29, 1.82) is 5.41 Å². The van der Waals surface area contributed by atoms with Gasteiger partial charge < -0.3 is 10.6 Å². The van der Waals surface area contributed by atoms with Gasteiger partial charge in [0, 0.05) is 35.2 Å². The molecule has 0 amide bonds. The van der Waals surface area contributed by atoms with Crippen LogP contribution in [0.2, 0.25) is 0 Å². The fourth-order valence-electron chi connectivity index (χ4n) is 2.05. The number of halogens is 2. The van der Waals surface area contributed by atoms with Gasteiger partial charge in [-0.25, -0.2) is 4.39 Å². The Bertz CT molecular complexity index is 616. The van der Waals surface area contributed by atoms with Crippen LogP contribution in [0, 0.1) is 11.2 Å². The van der Waals surface area contributed by atoms with Crippen molar-refractivity contribution >= 4 is 27.5 Å². The first-order chi connectivity index (χ1) is 10.1. The molecule has 0 bridgehead atoms. The molecule has 0 aliphatic rings. The lowest BCUT2D eigenvalue weighted by molar-refractivity contribution is 0.603. The number of nitrogens with zero attached hydrogens (tertiary/aromatic N) is 1. The van der Waals surface area contributed by atoms with Crippen LogP contribution in [-0.4, -0.2) is 12.4 Å². The summed E-state index contributed by atoms with van der Waals surface area (Å²) in [7, 11) is 0. The highest BCUT2D eigenvalue weighted by molar-refractivity contribution is 9.10. The Morgan fingerprint density at radius 3 is 2.52 bits per heavy atom. The van der Waals surface area contributed by atoms with Gasteiger partial charge in [0.2, 0.25) is 0 Å². The number of nitrogens with two attached hydrogens (primary N) is 1. The van der Waals surface area contributed by atoms with Crippen LogP contribution in [0.15, 0.2) is 53.0 Å². The zero-order valence-electron chi connectivity index (χ0n) is 11.5. The summed E-state index contributed by atoms with van der Waals surface area (Å²) in [6, 6.07) is 14.8. The van der Waals surface area contributed by atoms with Crippen LogP contribution in [-0.2, 0) is 6.54 Å². The van der Waals surface area contributed by atoms with Crippen molar-refractivity contribution in [3.63, 3.8) is 0 Å². The summed E-state index contributed by atoms with van der Waals surface area (Å²) in [5.41, 5.74) is 7.04. The molecule has 0 unspecified atom stereocenters. The molecule has 5 heteroatoms. The molecule has 2 aromatic carbocycles. The maximum atomic E-state index is 14.0. The quantitative estimate of drug-likeness (QED) is 0.613. The normalized spacial score (nSPS) is 10.4. The topological polar surface area (TPSA) is 53.1 Å². The van der Waals surface area contributed by atoms with Gasteiger partial charge in [-0.2, -0.15) is 0 Å². The number of rotatable bonds is 6. The largest absolute Gasteiger partial charge is 0.388 e. The van der Waals surface area contributed by atoms with Crippen molar-refractivity contribution in [3.05, 3.63) is 64.4 Å². The van der Waals surface area contributed by atoms with E-state index in [0.29, 0.717) is 25.1 Å². The number of anilines is 1. The third-order valence-corrected chi connectivity index (χ3v) is 3.64. The summed E-state index contributed by atoms with van der Waals surface area (Å²) in [5, 5.41) is 7.37. The molecule has 0 aliphatic heterocycles. The first-order valence-corrected chi connectivity index (χ1v) is 7.42. The summed E-state index contributed by atoms with van der Waals surface area (Å²) in [4.78, 5) is 2.02. The van der Waals surface area contributed by atoms with Gasteiger partial charge in [-0.15, -0.1) is 0 Å². The SMILES string of the molecule is N=C(N)CCN(Cc1ccc(Br)cc1F)c1ccccc1. The number of hydrogen-bond acceptors (Lipinski definition) is 2. The van der Waals surface area contributed by atoms with Crippen LogP contribution in [0.4, 0.5) is 10.1 Å². The summed E-state index contributed by atoms with van der Waals surface area (Å²) in [5.74, 6) is -0.111. The second-order valence-electron chi connectivity index (χ2n) is 4.77. The zero-order chi connectivity index (χ0) is 15.2. The summed E-state index contributed by atoms with van der Waals surface area (Å²) < 4.78 is 14.7. The number of amidine groups is 1. The lowest BCUT2D eigenvalue weighted by Crippen LogP contribution is -2.27. The van der Waals surface area contributed by atoms with Gasteiger partial charge in [-0.3, -0.25) is 5.41 Å². The fourth-order valence-corrected chi connectivity index (χ4v) is 2.38. The predicted octanol–water partition coefficient (Wildman–Crippen LogP) is 3.92. The van der Waals surface area contributed by atoms with Gasteiger partial charge in [0.05, 0.1) is 5.84 Å². The van der Waals surface area contributed by atoms with Crippen LogP contribution in [0.5, 0.6) is 0 Å². The summed E-state index contributed by atoms with van der Waals surface area (Å²) in [6.45, 7) is 1.02. The lowest BCUT2D eigenvalue weighted by Gasteiger charge is -2.25. The summed E-state index contributed by atoms with van der Waals surface area (Å²) in [6.07, 6.45) is 0.451. The first-order valence-electron chi connectivity index (χ1n) is 6.63. The maximum absolute atomic E-state index is 14.0. The number of para-hydroxylation sites is 1. The van der Waals surface area contributed by atoms with E-state index in [2.05, 4.69) is 15.9 Å². The summed E-state index contributed by atoms with van der Waals surface area (Å²) >= 11 is 3.26. The number of hydrogen-bond donors (Lipinski definition) is 2. The molecule has 21 heavy (non-hydrogen) atoms. The Morgan fingerprint density at radius 1 is 1.19 bits per heavy atom. The Morgan fingerprint density at radius 2 is 1.90 bits per heavy atom. The molecular weight excluding hydrogens is 333 g/mol. The molecule has 0 aromatic heterocycles. The fraction of sp³-hybridized carbons (Fsp3) is 0.188. The molecule has 3 nitrogen and oxygen atoms in total. The van der Waals surface area contributed by atoms with Crippen molar-refractivity contribution < 1.29 is 4.39 Å². The van der Waals surface area contributed by atoms with Crippen molar-refractivity contribution in [1.82, 2.24) is 0 Å². The van der Waals surface area contributed by atoms with Gasteiger partial charge in [-0.1, -0.05) is 40.2 Å². The van der Waals surface area contributed by atoms with Crippen molar-refractivity contribution in [2.24, 2.45) is 5.73 Å². The molecule has 0 radical (unpaired) electrons. The minimum atomic E-state index is -0.242. The van der Waals surface area contributed by atoms with E-state index in [1.165, 1.54) is 6.07 Å². The molecule has 0 fully saturated rings. The predicted molar refractivity (Wildman–Crippen MR) is 88.1 cm³/mol. The van der Waals surface area contributed by atoms with Crippen LogP contribution in [0.3, 0.4) is 0 Å². The molecule has 0 saturated heterocycles. The number of nitrogens with one attached hydrogen (secondary N) is 1. The Kier molecular flexibility index (Phi) is 5.33. The third kappa shape index (κ3) is 4.56. The molecule has 110 valence electrons. The molecule has 2 rings (SSSR count). The van der Waals surface area contributed by atoms with Gasteiger partial charge in [0.1, 0.15) is 5.82 Å². The third-order valence-electron chi connectivity index (χ3n) is 3.15. The van der Waals surface area contributed by atoms with E-state index in [0.717, 1.165) is 10.2 Å². The Hall–Kier alpha value is -1.88. The van der Waals surface area contributed by atoms with Crippen LogP contribution < -0.4 is 10.6 Å². The number of benzene rings is 2. The van der Waals surface area contributed by atoms with Gasteiger partial charge in [-0.05, 0) is 24.3 Å². The van der Waals surface area contributed by atoms with Crippen LogP contribution >= 0.6 is 15.9 Å². The van der Waals surface area contributed by atoms with E-state index in [4.69, 9.17) is 11.1 Å². The van der Waals surface area contributed by atoms with E-state index >= 15 is 0 Å². The van der Waals surface area contributed by atoms with Crippen LogP contribution in [0.25, 0.3) is 0 Å². The van der Waals surface area contributed by atoms with Crippen molar-refractivity contribution in [2.75, 3.05) is 11.4 Å². The van der Waals surface area contributed by atoms with Gasteiger partial charge in [0.25, 0.3) is 0 Å². The maximum Gasteiger partial charge on any atom is 0.129 e. The highest BCUT2D eigenvalue weighted by Crippen LogP contribution is 2.21. The minimum Gasteiger partial charge on any atom is -0.388 e. The van der Waals surface area contributed by atoms with E-state index in [1.54, 1.807) is 6.07 Å². The van der Waals surface area contributed by atoms with E-state index in [1.807, 2.05) is 41.3 Å². The van der Waals surface area contributed by atoms with Gasteiger partial charge in [0.15, 0.2) is 0 Å². The molecule has 0 heterocycles. The van der Waals surface area contributed by atoms with Crippen LogP contribution in [0.1, 0.15) is 12.0 Å². The average Bonchev–Trinajstić information content (AvgIpc) is 2.46. The van der Waals surface area contributed by atoms with Crippen molar-refractivity contribution in [3.8, 4) is 0 Å². The Balaban J connectivity index is 2.21. The smallest absolute Gasteiger partial charge is 0.129 e. The minimum absolute atomic E-state index is 0.132. The molecule has 0 saturated carbocycles. The average molecular weight is 350 g/mol. The van der Waals surface area contributed by atoms with Crippen molar-refractivity contribution in [2.45, 2.75) is 13.0 Å². The van der Waals surface area contributed by atoms with E-state index in [9.17, 15) is 4.39 Å². The highest BCUT2D eigenvalue weighted by Gasteiger charge is 2.11. The molecule has 0 spiro atoms. The monoisotopic (exact) mass is 349 g/mol. The second-order valence-corrected chi connectivity index (χ2v) is 5.68. The second kappa shape index (κ2) is 7.22. The molecule has 2 aromatic rings. The lowest BCUT2D eigenvalue weighted by atomic mass is 10.1. The zero-order valence-corrected chi connectivity index (χ0v) is 13.1. The molecule has 0 atom stereocenters. The standard InChI is InChI=1S/C16H17BrFN3/c17-13-7-6-12(15(18)10-13)11-21(9-8-16(19)20)14-4-2-1-3-5-14/h1-7,10H,8-9,11H2,(H3,19,20). The van der Waals surface area contributed by atoms with E-state index in [-0.39, 0.29) is 11.7 Å². The van der Waals surface area contributed by atoms with Gasteiger partial charge >= 0.3 is 0 Å². The Labute approximate surface area is 132 Å². The highest BCUT2D eigenvalue weighted by atomic mass is 79.9. The first kappa shape index (κ1) is 15.5. The molecule has 0 aliphatic carbocycles. The molecular formula is C16H17BrFN3.